The first-order chi connectivity index (χ1) is 8.59. The number of nitrogens with one attached hydrogen (secondary N) is 1. The summed E-state index contributed by atoms with van der Waals surface area (Å²) in [4.78, 5) is 23.4. The Balaban J connectivity index is 1.93. The standard InChI is InChI=1S/C13H21NO4/c1-2-18-10-8-9(10)11(15)14-13(12(16)17)6-4-3-5-7-13/h9-10H,2-8H2,1H3,(H,14,15)(H,16,17)/t9-,10-/m0/s1. The highest BCUT2D eigenvalue weighted by atomic mass is 16.5. The van der Waals surface area contributed by atoms with Crippen LogP contribution in [0.2, 0.25) is 0 Å². The normalized spacial score (nSPS) is 29.6. The lowest BCUT2D eigenvalue weighted by Gasteiger charge is -2.34. The number of carbonyl (C=O) groups excluding carboxylic acids is 1. The van der Waals surface area contributed by atoms with Crippen molar-refractivity contribution in [2.75, 3.05) is 6.61 Å². The Bertz CT molecular complexity index is 336. The summed E-state index contributed by atoms with van der Waals surface area (Å²) in [5, 5.41) is 12.1. The maximum absolute atomic E-state index is 12.0. The second-order valence-corrected chi connectivity index (χ2v) is 5.27. The van der Waals surface area contributed by atoms with Crippen LogP contribution in [0, 0.1) is 5.92 Å². The average molecular weight is 255 g/mol. The van der Waals surface area contributed by atoms with Crippen LogP contribution in [0.3, 0.4) is 0 Å². The van der Waals surface area contributed by atoms with Gasteiger partial charge in [0, 0.05) is 6.61 Å². The molecule has 0 radical (unpaired) electrons. The van der Waals surface area contributed by atoms with Crippen LogP contribution in [-0.2, 0) is 14.3 Å². The number of carbonyl (C=O) groups is 2. The van der Waals surface area contributed by atoms with Crippen LogP contribution in [0.5, 0.6) is 0 Å². The second-order valence-electron chi connectivity index (χ2n) is 5.27. The van der Waals surface area contributed by atoms with E-state index in [-0.39, 0.29) is 17.9 Å². The molecule has 2 aliphatic carbocycles. The number of carboxylic acid groups (broad SMARTS) is 1. The highest BCUT2D eigenvalue weighted by Gasteiger charge is 2.48. The topological polar surface area (TPSA) is 75.6 Å². The minimum atomic E-state index is -1.03. The van der Waals surface area contributed by atoms with Crippen molar-refractivity contribution in [3.8, 4) is 0 Å². The molecule has 0 aliphatic heterocycles. The predicted molar refractivity (Wildman–Crippen MR) is 65.1 cm³/mol. The third kappa shape index (κ3) is 2.66. The molecule has 0 aromatic carbocycles. The van der Waals surface area contributed by atoms with E-state index in [1.807, 2.05) is 6.92 Å². The van der Waals surface area contributed by atoms with Crippen molar-refractivity contribution in [2.45, 2.75) is 57.1 Å². The van der Waals surface area contributed by atoms with Crippen LogP contribution in [0.25, 0.3) is 0 Å². The number of ether oxygens (including phenoxy) is 1. The fourth-order valence-corrected chi connectivity index (χ4v) is 2.72. The third-order valence-electron chi connectivity index (χ3n) is 3.93. The summed E-state index contributed by atoms with van der Waals surface area (Å²) in [6.07, 6.45) is 4.58. The van der Waals surface area contributed by atoms with Crippen molar-refractivity contribution in [3.05, 3.63) is 0 Å². The lowest BCUT2D eigenvalue weighted by atomic mass is 9.81. The van der Waals surface area contributed by atoms with Gasteiger partial charge in [-0.3, -0.25) is 4.79 Å². The molecule has 2 saturated carbocycles. The monoisotopic (exact) mass is 255 g/mol. The van der Waals surface area contributed by atoms with Gasteiger partial charge >= 0.3 is 5.97 Å². The van der Waals surface area contributed by atoms with Crippen molar-refractivity contribution in [3.63, 3.8) is 0 Å². The Kier molecular flexibility index (Phi) is 3.90. The van der Waals surface area contributed by atoms with Gasteiger partial charge in [0.25, 0.3) is 0 Å². The van der Waals surface area contributed by atoms with Crippen LogP contribution in [0.4, 0.5) is 0 Å². The molecular formula is C13H21NO4. The minimum Gasteiger partial charge on any atom is -0.480 e. The SMILES string of the molecule is CCO[C@H]1C[C@@H]1C(=O)NC1(C(=O)O)CCCCC1. The van der Waals surface area contributed by atoms with E-state index in [2.05, 4.69) is 5.32 Å². The number of carboxylic acids is 1. The lowest BCUT2D eigenvalue weighted by Crippen LogP contribution is -2.56. The van der Waals surface area contributed by atoms with Gasteiger partial charge in [-0.2, -0.15) is 0 Å². The van der Waals surface area contributed by atoms with E-state index in [0.717, 1.165) is 25.7 Å². The molecule has 18 heavy (non-hydrogen) atoms. The first-order valence-electron chi connectivity index (χ1n) is 6.76. The van der Waals surface area contributed by atoms with Gasteiger partial charge < -0.3 is 15.2 Å². The summed E-state index contributed by atoms with van der Waals surface area (Å²) in [6.45, 7) is 2.49. The van der Waals surface area contributed by atoms with Gasteiger partial charge in [0.15, 0.2) is 0 Å². The lowest BCUT2D eigenvalue weighted by molar-refractivity contribution is -0.149. The Labute approximate surface area is 107 Å². The fourth-order valence-electron chi connectivity index (χ4n) is 2.72. The number of rotatable bonds is 5. The summed E-state index contributed by atoms with van der Waals surface area (Å²) in [5.74, 6) is -1.20. The Hall–Kier alpha value is -1.10. The number of aliphatic carboxylic acids is 1. The van der Waals surface area contributed by atoms with Gasteiger partial charge in [-0.25, -0.2) is 4.79 Å². The Morgan fingerprint density at radius 3 is 2.56 bits per heavy atom. The van der Waals surface area contributed by atoms with Crippen LogP contribution >= 0.6 is 0 Å². The Morgan fingerprint density at radius 2 is 2.00 bits per heavy atom. The molecule has 0 spiro atoms. The van der Waals surface area contributed by atoms with Crippen LogP contribution in [0.15, 0.2) is 0 Å². The molecule has 2 N–H and O–H groups in total. The van der Waals surface area contributed by atoms with E-state index >= 15 is 0 Å². The van der Waals surface area contributed by atoms with E-state index in [1.54, 1.807) is 0 Å². The number of hydrogen-bond acceptors (Lipinski definition) is 3. The summed E-state index contributed by atoms with van der Waals surface area (Å²) in [7, 11) is 0. The van der Waals surface area contributed by atoms with E-state index in [4.69, 9.17) is 4.74 Å². The number of hydrogen-bond donors (Lipinski definition) is 2. The largest absolute Gasteiger partial charge is 0.480 e. The molecule has 5 nitrogen and oxygen atoms in total. The van der Waals surface area contributed by atoms with Gasteiger partial charge in [-0.15, -0.1) is 0 Å². The van der Waals surface area contributed by atoms with E-state index in [0.29, 0.717) is 19.4 Å². The first-order valence-corrected chi connectivity index (χ1v) is 6.76. The minimum absolute atomic E-state index is 0.00978. The maximum atomic E-state index is 12.0. The predicted octanol–water partition coefficient (Wildman–Crippen LogP) is 1.32. The molecule has 2 aliphatic rings. The summed E-state index contributed by atoms with van der Waals surface area (Å²) in [6, 6.07) is 0. The quantitative estimate of drug-likeness (QED) is 0.776. The van der Waals surface area contributed by atoms with Crippen LogP contribution in [0.1, 0.15) is 45.4 Å². The number of amides is 1. The third-order valence-corrected chi connectivity index (χ3v) is 3.93. The molecule has 0 unspecified atom stereocenters. The van der Waals surface area contributed by atoms with Crippen molar-refractivity contribution in [2.24, 2.45) is 5.92 Å². The van der Waals surface area contributed by atoms with E-state index < -0.39 is 11.5 Å². The zero-order valence-corrected chi connectivity index (χ0v) is 10.8. The van der Waals surface area contributed by atoms with Crippen molar-refractivity contribution >= 4 is 11.9 Å². The first kappa shape index (κ1) is 13.3. The Morgan fingerprint density at radius 1 is 1.33 bits per heavy atom. The van der Waals surface area contributed by atoms with Gasteiger partial charge in [-0.05, 0) is 26.2 Å². The molecule has 2 fully saturated rings. The molecule has 0 aromatic heterocycles. The molecule has 102 valence electrons. The maximum Gasteiger partial charge on any atom is 0.329 e. The average Bonchev–Trinajstić information content (AvgIpc) is 3.10. The summed E-state index contributed by atoms with van der Waals surface area (Å²) < 4.78 is 5.36. The zero-order chi connectivity index (χ0) is 13.2. The van der Waals surface area contributed by atoms with Gasteiger partial charge in [0.1, 0.15) is 5.54 Å². The highest BCUT2D eigenvalue weighted by Crippen LogP contribution is 2.36. The highest BCUT2D eigenvalue weighted by molar-refractivity contribution is 5.89. The van der Waals surface area contributed by atoms with Gasteiger partial charge in [-0.1, -0.05) is 19.3 Å². The molecular weight excluding hydrogens is 234 g/mol. The summed E-state index contributed by atoms with van der Waals surface area (Å²) >= 11 is 0. The van der Waals surface area contributed by atoms with E-state index in [1.165, 1.54) is 0 Å². The molecule has 0 bridgehead atoms. The fraction of sp³-hybridized carbons (Fsp3) is 0.846. The molecule has 1 amide bonds. The van der Waals surface area contributed by atoms with Crippen molar-refractivity contribution < 1.29 is 19.4 Å². The van der Waals surface area contributed by atoms with Crippen molar-refractivity contribution in [1.29, 1.82) is 0 Å². The van der Waals surface area contributed by atoms with Crippen LogP contribution < -0.4 is 5.32 Å². The second kappa shape index (κ2) is 5.26. The van der Waals surface area contributed by atoms with E-state index in [9.17, 15) is 14.7 Å². The smallest absolute Gasteiger partial charge is 0.329 e. The van der Waals surface area contributed by atoms with Crippen LogP contribution in [-0.4, -0.2) is 35.2 Å². The van der Waals surface area contributed by atoms with Gasteiger partial charge in [0.05, 0.1) is 12.0 Å². The summed E-state index contributed by atoms with van der Waals surface area (Å²) in [5.41, 5.74) is -1.03. The molecule has 2 atom stereocenters. The van der Waals surface area contributed by atoms with Crippen molar-refractivity contribution in [1.82, 2.24) is 5.32 Å². The molecule has 5 heteroatoms. The molecule has 0 aromatic rings. The zero-order valence-electron chi connectivity index (χ0n) is 10.8. The molecule has 2 rings (SSSR count). The van der Waals surface area contributed by atoms with Gasteiger partial charge in [0.2, 0.25) is 5.91 Å². The molecule has 0 heterocycles. The molecule has 0 saturated heterocycles.